The van der Waals surface area contributed by atoms with E-state index in [0.29, 0.717) is 5.56 Å². The number of halogens is 3. The van der Waals surface area contributed by atoms with E-state index in [2.05, 4.69) is 10.6 Å². The Balaban J connectivity index is 2.22. The van der Waals surface area contributed by atoms with Crippen LogP contribution in [0, 0.1) is 17.2 Å². The molecule has 2 atom stereocenters. The second kappa shape index (κ2) is 12.0. The molecule has 0 radical (unpaired) electrons. The van der Waals surface area contributed by atoms with Crippen LogP contribution in [-0.4, -0.2) is 39.3 Å². The number of rotatable bonds is 10. The summed E-state index contributed by atoms with van der Waals surface area (Å²) in [6.45, 7) is 3.30. The summed E-state index contributed by atoms with van der Waals surface area (Å²) in [5.41, 5.74) is 1.33. The average molecular weight is 508 g/mol. The van der Waals surface area contributed by atoms with Gasteiger partial charge in [-0.3, -0.25) is 10.1 Å². The maximum absolute atomic E-state index is 13.9. The number of nitrogens with zero attached hydrogens (tertiary/aromatic N) is 1. The highest BCUT2D eigenvalue weighted by molar-refractivity contribution is 7.90. The van der Waals surface area contributed by atoms with Crippen molar-refractivity contribution < 1.29 is 26.4 Å². The summed E-state index contributed by atoms with van der Waals surface area (Å²) in [6.07, 6.45) is 0.0589. The smallest absolute Gasteiger partial charge is 0.342 e. The third-order valence-electron chi connectivity index (χ3n) is 5.11. The Hall–Kier alpha value is -3.16. The van der Waals surface area contributed by atoms with E-state index >= 15 is 0 Å². The number of carbonyl (C=O) groups is 1. The number of hydrogen-bond acceptors (Lipinski definition) is 5. The molecule has 0 aromatic heterocycles. The highest BCUT2D eigenvalue weighted by Gasteiger charge is 2.42. The second-order valence-electron chi connectivity index (χ2n) is 8.54. The summed E-state index contributed by atoms with van der Waals surface area (Å²) in [4.78, 5) is 12.5. The first-order valence-corrected chi connectivity index (χ1v) is 12.8. The number of alkyl halides is 3. The molecule has 0 unspecified atom stereocenters. The maximum Gasteiger partial charge on any atom is 0.407 e. The first-order valence-electron chi connectivity index (χ1n) is 10.9. The van der Waals surface area contributed by atoms with Crippen molar-refractivity contribution in [1.29, 1.82) is 5.26 Å². The van der Waals surface area contributed by atoms with E-state index < -0.39 is 34.0 Å². The molecule has 2 rings (SSSR count). The molecule has 0 saturated carbocycles. The van der Waals surface area contributed by atoms with Gasteiger partial charge in [-0.1, -0.05) is 62.4 Å². The van der Waals surface area contributed by atoms with Crippen LogP contribution < -0.4 is 10.6 Å². The predicted molar refractivity (Wildman–Crippen MR) is 129 cm³/mol. The molecule has 0 aliphatic heterocycles. The van der Waals surface area contributed by atoms with E-state index in [0.717, 1.165) is 11.8 Å². The fraction of sp³-hybridized carbons (Fsp3) is 0.360. The zero-order valence-electron chi connectivity index (χ0n) is 19.6. The molecule has 35 heavy (non-hydrogen) atoms. The topological polar surface area (TPSA) is 99.1 Å². The summed E-state index contributed by atoms with van der Waals surface area (Å²) >= 11 is 0. The van der Waals surface area contributed by atoms with Crippen LogP contribution in [0.25, 0.3) is 12.2 Å². The van der Waals surface area contributed by atoms with Crippen LogP contribution in [0.4, 0.5) is 13.2 Å². The van der Waals surface area contributed by atoms with Crippen LogP contribution in [-0.2, 0) is 14.6 Å². The lowest BCUT2D eigenvalue weighted by atomic mass is 9.98. The summed E-state index contributed by atoms with van der Waals surface area (Å²) in [5, 5.41) is 13.4. The van der Waals surface area contributed by atoms with Gasteiger partial charge in [-0.15, -0.1) is 0 Å². The van der Waals surface area contributed by atoms with Crippen molar-refractivity contribution in [2.24, 2.45) is 5.92 Å². The fourth-order valence-corrected chi connectivity index (χ4v) is 4.00. The summed E-state index contributed by atoms with van der Waals surface area (Å²) < 4.78 is 64.8. The number of nitrogens with one attached hydrogen (secondary N) is 2. The van der Waals surface area contributed by atoms with Gasteiger partial charge in [-0.25, -0.2) is 8.42 Å². The molecule has 0 heterocycles. The van der Waals surface area contributed by atoms with Crippen molar-refractivity contribution in [3.8, 4) is 6.07 Å². The van der Waals surface area contributed by atoms with Gasteiger partial charge in [0.2, 0.25) is 5.91 Å². The summed E-state index contributed by atoms with van der Waals surface area (Å²) in [5.74, 6) is -0.704. The van der Waals surface area contributed by atoms with Crippen molar-refractivity contribution in [2.45, 2.75) is 43.4 Å². The molecule has 0 fully saturated rings. The van der Waals surface area contributed by atoms with E-state index in [1.807, 2.05) is 0 Å². The van der Waals surface area contributed by atoms with E-state index in [1.54, 1.807) is 44.2 Å². The Morgan fingerprint density at radius 3 is 1.97 bits per heavy atom. The van der Waals surface area contributed by atoms with Crippen LogP contribution in [0.1, 0.15) is 43.0 Å². The van der Waals surface area contributed by atoms with Crippen LogP contribution in [0.3, 0.4) is 0 Å². The Bertz CT molecular complexity index is 1170. The first kappa shape index (κ1) is 28.1. The zero-order valence-corrected chi connectivity index (χ0v) is 20.5. The Morgan fingerprint density at radius 1 is 1.03 bits per heavy atom. The Labute approximate surface area is 203 Å². The minimum atomic E-state index is -4.65. The van der Waals surface area contributed by atoms with Crippen molar-refractivity contribution in [1.82, 2.24) is 10.6 Å². The van der Waals surface area contributed by atoms with Gasteiger partial charge in [0.25, 0.3) is 0 Å². The third-order valence-corrected chi connectivity index (χ3v) is 6.24. The van der Waals surface area contributed by atoms with Gasteiger partial charge in [0.05, 0.1) is 17.0 Å². The molecule has 6 nitrogen and oxygen atoms in total. The quantitative estimate of drug-likeness (QED) is 0.364. The predicted octanol–water partition coefficient (Wildman–Crippen LogP) is 4.51. The average Bonchev–Trinajstić information content (AvgIpc) is 2.78. The highest BCUT2D eigenvalue weighted by atomic mass is 32.2. The lowest BCUT2D eigenvalue weighted by Gasteiger charge is -2.28. The minimum absolute atomic E-state index is 0.0472. The standard InChI is InChI=1S/C25H28F3N3O3S/c1-17(2)16-22(24(32)30-15-14-29)31-23(25(26,27)28)20-10-6-18(7-11-20)4-5-19-8-12-21(13-9-19)35(3,33)34/h4-13,17,22-23,31H,15-16H2,1-3H3,(H,30,32)/b5-4+/t22-,23-/m0/s1. The number of amides is 1. The molecule has 10 heteroatoms. The molecule has 0 spiro atoms. The lowest BCUT2D eigenvalue weighted by Crippen LogP contribution is -2.49. The number of nitriles is 1. The molecule has 0 saturated heterocycles. The Morgan fingerprint density at radius 2 is 1.54 bits per heavy atom. The molecule has 2 aromatic carbocycles. The van der Waals surface area contributed by atoms with Crippen LogP contribution in [0.5, 0.6) is 0 Å². The number of carbonyl (C=O) groups excluding carboxylic acids is 1. The van der Waals surface area contributed by atoms with Crippen LogP contribution >= 0.6 is 0 Å². The largest absolute Gasteiger partial charge is 0.407 e. The van der Waals surface area contributed by atoms with Gasteiger partial charge in [0, 0.05) is 6.26 Å². The van der Waals surface area contributed by atoms with Gasteiger partial charge in [0.1, 0.15) is 12.6 Å². The molecule has 1 amide bonds. The number of benzene rings is 2. The third kappa shape index (κ3) is 8.85. The van der Waals surface area contributed by atoms with Crippen molar-refractivity contribution >= 4 is 27.9 Å². The summed E-state index contributed by atoms with van der Waals surface area (Å²) in [7, 11) is -3.30. The normalized spacial score (nSPS) is 14.0. The van der Waals surface area contributed by atoms with Crippen LogP contribution in [0.15, 0.2) is 53.4 Å². The zero-order chi connectivity index (χ0) is 26.2. The van der Waals surface area contributed by atoms with E-state index in [-0.39, 0.29) is 29.3 Å². The van der Waals surface area contributed by atoms with Crippen LogP contribution in [0.2, 0.25) is 0 Å². The molecule has 0 bridgehead atoms. The first-order chi connectivity index (χ1) is 16.3. The van der Waals surface area contributed by atoms with E-state index in [4.69, 9.17) is 5.26 Å². The number of sulfone groups is 1. The van der Waals surface area contributed by atoms with Gasteiger partial charge >= 0.3 is 6.18 Å². The van der Waals surface area contributed by atoms with Crippen molar-refractivity contribution in [3.63, 3.8) is 0 Å². The van der Waals surface area contributed by atoms with E-state index in [9.17, 15) is 26.4 Å². The Kier molecular flexibility index (Phi) is 9.63. The fourth-order valence-electron chi connectivity index (χ4n) is 3.37. The van der Waals surface area contributed by atoms with Gasteiger partial charge < -0.3 is 5.32 Å². The monoisotopic (exact) mass is 507 g/mol. The van der Waals surface area contributed by atoms with Gasteiger partial charge in [-0.2, -0.15) is 18.4 Å². The molecular weight excluding hydrogens is 479 g/mol. The van der Waals surface area contributed by atoms with Gasteiger partial charge in [-0.05, 0) is 41.2 Å². The summed E-state index contributed by atoms with van der Waals surface area (Å²) in [6, 6.07) is 10.5. The van der Waals surface area contributed by atoms with E-state index in [1.165, 1.54) is 36.4 Å². The number of hydrogen-bond donors (Lipinski definition) is 2. The highest BCUT2D eigenvalue weighted by Crippen LogP contribution is 2.34. The molecule has 2 N–H and O–H groups in total. The molecule has 0 aliphatic carbocycles. The SMILES string of the molecule is CC(C)C[C@H](N[C@@H](c1ccc(/C=C/c2ccc(S(C)(=O)=O)cc2)cc1)C(F)(F)F)C(=O)NCC#N. The van der Waals surface area contributed by atoms with Crippen molar-refractivity contribution in [2.75, 3.05) is 12.8 Å². The molecule has 2 aromatic rings. The lowest BCUT2D eigenvalue weighted by molar-refractivity contribution is -0.161. The van der Waals surface area contributed by atoms with Gasteiger partial charge in [0.15, 0.2) is 9.84 Å². The minimum Gasteiger partial charge on any atom is -0.342 e. The molecule has 188 valence electrons. The maximum atomic E-state index is 13.9. The second-order valence-corrected chi connectivity index (χ2v) is 10.6. The van der Waals surface area contributed by atoms with Crippen molar-refractivity contribution in [3.05, 3.63) is 65.2 Å². The molecule has 0 aliphatic rings. The molecular formula is C25H28F3N3O3S.